The summed E-state index contributed by atoms with van der Waals surface area (Å²) in [5.41, 5.74) is 1.13. The normalized spacial score (nSPS) is 18.6. The molecule has 106 valence electrons. The van der Waals surface area contributed by atoms with Gasteiger partial charge in [0.1, 0.15) is 5.54 Å². The van der Waals surface area contributed by atoms with Crippen LogP contribution in [-0.2, 0) is 11.3 Å². The molecule has 5 heteroatoms. The molecule has 0 spiro atoms. The molecule has 0 aromatic carbocycles. The van der Waals surface area contributed by atoms with Crippen molar-refractivity contribution in [1.29, 1.82) is 0 Å². The molecule has 1 saturated carbocycles. The molecule has 0 saturated heterocycles. The van der Waals surface area contributed by atoms with Gasteiger partial charge in [-0.3, -0.25) is 10.1 Å². The quantitative estimate of drug-likeness (QED) is 0.822. The smallest absolute Gasteiger partial charge is 0.326 e. The standard InChI is InChI=1S/C14H23N3O2/c1-9(2)16-14(13(18)19,12-5-6-12)7-17-8-15-10(3)11(17)4/h8-9,12,16H,5-7H2,1-4H3,(H,18,19). The van der Waals surface area contributed by atoms with Gasteiger partial charge >= 0.3 is 5.97 Å². The van der Waals surface area contributed by atoms with Crippen molar-refractivity contribution in [2.45, 2.75) is 58.7 Å². The minimum atomic E-state index is -0.869. The van der Waals surface area contributed by atoms with E-state index in [-0.39, 0.29) is 12.0 Å². The minimum absolute atomic E-state index is 0.140. The summed E-state index contributed by atoms with van der Waals surface area (Å²) >= 11 is 0. The summed E-state index contributed by atoms with van der Waals surface area (Å²) in [6.07, 6.45) is 3.71. The number of aliphatic carboxylic acids is 1. The van der Waals surface area contributed by atoms with Crippen LogP contribution in [0, 0.1) is 19.8 Å². The Morgan fingerprint density at radius 3 is 2.58 bits per heavy atom. The highest BCUT2D eigenvalue weighted by atomic mass is 16.4. The van der Waals surface area contributed by atoms with E-state index in [0.717, 1.165) is 24.2 Å². The van der Waals surface area contributed by atoms with Gasteiger partial charge in [0.15, 0.2) is 0 Å². The first-order valence-corrected chi connectivity index (χ1v) is 6.86. The van der Waals surface area contributed by atoms with Crippen LogP contribution < -0.4 is 5.32 Å². The van der Waals surface area contributed by atoms with Gasteiger partial charge in [-0.1, -0.05) is 0 Å². The summed E-state index contributed by atoms with van der Waals surface area (Å²) in [6.45, 7) is 8.36. The molecule has 1 unspecified atom stereocenters. The fourth-order valence-electron chi connectivity index (χ4n) is 2.66. The van der Waals surface area contributed by atoms with E-state index in [1.165, 1.54) is 0 Å². The average Bonchev–Trinajstić information content (AvgIpc) is 3.11. The van der Waals surface area contributed by atoms with Gasteiger partial charge in [0.25, 0.3) is 0 Å². The summed E-state index contributed by atoms with van der Waals surface area (Å²) in [5.74, 6) is -0.538. The zero-order valence-corrected chi connectivity index (χ0v) is 12.1. The number of nitrogens with one attached hydrogen (secondary N) is 1. The molecule has 1 aliphatic rings. The topological polar surface area (TPSA) is 67.2 Å². The first-order valence-electron chi connectivity index (χ1n) is 6.86. The fourth-order valence-corrected chi connectivity index (χ4v) is 2.66. The molecule has 2 rings (SSSR count). The predicted molar refractivity (Wildman–Crippen MR) is 73.1 cm³/mol. The molecule has 1 aliphatic carbocycles. The highest BCUT2D eigenvalue weighted by molar-refractivity contribution is 5.80. The third kappa shape index (κ3) is 2.66. The molecule has 1 aromatic heterocycles. The molecular weight excluding hydrogens is 242 g/mol. The molecule has 0 radical (unpaired) electrons. The summed E-state index contributed by atoms with van der Waals surface area (Å²) in [4.78, 5) is 16.1. The van der Waals surface area contributed by atoms with E-state index in [9.17, 15) is 9.90 Å². The number of carboxylic acid groups (broad SMARTS) is 1. The molecule has 5 nitrogen and oxygen atoms in total. The molecular formula is C14H23N3O2. The Kier molecular flexibility index (Phi) is 3.67. The van der Waals surface area contributed by atoms with Crippen LogP contribution in [0.15, 0.2) is 6.33 Å². The minimum Gasteiger partial charge on any atom is -0.480 e. The van der Waals surface area contributed by atoms with Gasteiger partial charge in [0.05, 0.1) is 18.6 Å². The van der Waals surface area contributed by atoms with E-state index in [0.29, 0.717) is 6.54 Å². The van der Waals surface area contributed by atoms with Gasteiger partial charge in [-0.15, -0.1) is 0 Å². The first kappa shape index (κ1) is 14.1. The lowest BCUT2D eigenvalue weighted by Gasteiger charge is -2.33. The number of imidazole rings is 1. The van der Waals surface area contributed by atoms with Crippen molar-refractivity contribution >= 4 is 5.97 Å². The molecule has 0 amide bonds. The second-order valence-corrected chi connectivity index (χ2v) is 5.89. The predicted octanol–water partition coefficient (Wildman–Crippen LogP) is 1.73. The van der Waals surface area contributed by atoms with Crippen LogP contribution in [0.4, 0.5) is 0 Å². The van der Waals surface area contributed by atoms with E-state index in [4.69, 9.17) is 0 Å². The number of nitrogens with zero attached hydrogens (tertiary/aromatic N) is 2. The van der Waals surface area contributed by atoms with Crippen molar-refractivity contribution in [2.75, 3.05) is 0 Å². The van der Waals surface area contributed by atoms with Crippen molar-refractivity contribution in [2.24, 2.45) is 5.92 Å². The number of rotatable bonds is 6. The Morgan fingerprint density at radius 2 is 2.21 bits per heavy atom. The molecule has 0 aliphatic heterocycles. The Morgan fingerprint density at radius 1 is 1.58 bits per heavy atom. The highest BCUT2D eigenvalue weighted by Gasteiger charge is 2.51. The second kappa shape index (κ2) is 4.96. The zero-order valence-electron chi connectivity index (χ0n) is 12.1. The Labute approximate surface area is 114 Å². The zero-order chi connectivity index (χ0) is 14.2. The lowest BCUT2D eigenvalue weighted by Crippen LogP contribution is -2.59. The average molecular weight is 265 g/mol. The van der Waals surface area contributed by atoms with Crippen LogP contribution in [-0.4, -0.2) is 32.2 Å². The van der Waals surface area contributed by atoms with E-state index in [2.05, 4.69) is 10.3 Å². The van der Waals surface area contributed by atoms with E-state index < -0.39 is 11.5 Å². The monoisotopic (exact) mass is 265 g/mol. The van der Waals surface area contributed by atoms with Crippen molar-refractivity contribution in [3.8, 4) is 0 Å². The maximum absolute atomic E-state index is 11.9. The van der Waals surface area contributed by atoms with Crippen molar-refractivity contribution in [3.05, 3.63) is 17.7 Å². The number of carboxylic acids is 1. The molecule has 19 heavy (non-hydrogen) atoms. The van der Waals surface area contributed by atoms with Crippen LogP contribution in [0.5, 0.6) is 0 Å². The summed E-state index contributed by atoms with van der Waals surface area (Å²) in [5, 5.41) is 13.0. The number of aryl methyl sites for hydroxylation is 1. The lowest BCUT2D eigenvalue weighted by atomic mass is 9.91. The highest BCUT2D eigenvalue weighted by Crippen LogP contribution is 2.41. The summed E-state index contributed by atoms with van der Waals surface area (Å²) in [6, 6.07) is 0.140. The summed E-state index contributed by atoms with van der Waals surface area (Å²) in [7, 11) is 0. The van der Waals surface area contributed by atoms with Gasteiger partial charge < -0.3 is 9.67 Å². The van der Waals surface area contributed by atoms with Crippen molar-refractivity contribution < 1.29 is 9.90 Å². The van der Waals surface area contributed by atoms with Gasteiger partial charge in [0.2, 0.25) is 0 Å². The Hall–Kier alpha value is -1.36. The Balaban J connectivity index is 2.31. The molecule has 1 heterocycles. The third-order valence-electron chi connectivity index (χ3n) is 3.97. The van der Waals surface area contributed by atoms with Gasteiger partial charge in [-0.25, -0.2) is 4.98 Å². The number of hydrogen-bond donors (Lipinski definition) is 2. The van der Waals surface area contributed by atoms with Gasteiger partial charge in [0, 0.05) is 11.7 Å². The third-order valence-corrected chi connectivity index (χ3v) is 3.97. The summed E-state index contributed by atoms with van der Waals surface area (Å²) < 4.78 is 1.96. The molecule has 1 atom stereocenters. The first-order chi connectivity index (χ1) is 8.86. The molecule has 1 fully saturated rings. The number of hydrogen-bond acceptors (Lipinski definition) is 3. The second-order valence-electron chi connectivity index (χ2n) is 5.89. The van der Waals surface area contributed by atoms with Crippen molar-refractivity contribution in [1.82, 2.24) is 14.9 Å². The van der Waals surface area contributed by atoms with Gasteiger partial charge in [-0.05, 0) is 46.5 Å². The molecule has 1 aromatic rings. The maximum Gasteiger partial charge on any atom is 0.326 e. The fraction of sp³-hybridized carbons (Fsp3) is 0.714. The van der Waals surface area contributed by atoms with E-state index >= 15 is 0 Å². The largest absolute Gasteiger partial charge is 0.480 e. The van der Waals surface area contributed by atoms with E-state index in [1.54, 1.807) is 6.33 Å². The van der Waals surface area contributed by atoms with Crippen LogP contribution in [0.2, 0.25) is 0 Å². The lowest BCUT2D eigenvalue weighted by molar-refractivity contribution is -0.147. The number of aromatic nitrogens is 2. The van der Waals surface area contributed by atoms with Crippen LogP contribution in [0.1, 0.15) is 38.1 Å². The SMILES string of the molecule is Cc1ncn(CC(NC(C)C)(C(=O)O)C2CC2)c1C. The van der Waals surface area contributed by atoms with Gasteiger partial charge in [-0.2, -0.15) is 0 Å². The van der Waals surface area contributed by atoms with Crippen LogP contribution in [0.25, 0.3) is 0 Å². The molecule has 2 N–H and O–H groups in total. The van der Waals surface area contributed by atoms with Crippen LogP contribution in [0.3, 0.4) is 0 Å². The van der Waals surface area contributed by atoms with E-state index in [1.807, 2.05) is 32.3 Å². The number of carbonyl (C=O) groups is 1. The molecule has 0 bridgehead atoms. The van der Waals surface area contributed by atoms with Crippen LogP contribution >= 0.6 is 0 Å². The maximum atomic E-state index is 11.9. The Bertz CT molecular complexity index is 477. The van der Waals surface area contributed by atoms with Crippen molar-refractivity contribution in [3.63, 3.8) is 0 Å².